The number of nitrogens with two attached hydrogens (primary N) is 1. The summed E-state index contributed by atoms with van der Waals surface area (Å²) in [6, 6.07) is 5.73. The van der Waals surface area contributed by atoms with E-state index in [0.717, 1.165) is 24.2 Å². The van der Waals surface area contributed by atoms with Gasteiger partial charge < -0.3 is 4.74 Å². The summed E-state index contributed by atoms with van der Waals surface area (Å²) in [4.78, 5) is 0. The van der Waals surface area contributed by atoms with Gasteiger partial charge in [-0.3, -0.25) is 11.3 Å². The van der Waals surface area contributed by atoms with Crippen LogP contribution in [0.3, 0.4) is 0 Å². The number of unbranched alkanes of at least 4 members (excludes halogenated alkanes) is 3. The Morgan fingerprint density at radius 1 is 1.33 bits per heavy atom. The second-order valence-corrected chi connectivity index (χ2v) is 4.89. The summed E-state index contributed by atoms with van der Waals surface area (Å²) in [5.41, 5.74) is 3.89. The number of hydrogen-bond donors (Lipinski definition) is 2. The minimum atomic E-state index is 0.0931. The van der Waals surface area contributed by atoms with E-state index in [2.05, 4.69) is 12.3 Å². The van der Waals surface area contributed by atoms with E-state index in [1.165, 1.54) is 19.3 Å². The van der Waals surface area contributed by atoms with Crippen molar-refractivity contribution in [1.29, 1.82) is 0 Å². The van der Waals surface area contributed by atoms with E-state index in [1.54, 1.807) is 7.11 Å². The summed E-state index contributed by atoms with van der Waals surface area (Å²) in [5.74, 6) is 6.48. The van der Waals surface area contributed by atoms with Gasteiger partial charge in [0.2, 0.25) is 0 Å². The van der Waals surface area contributed by atoms with Gasteiger partial charge in [0.15, 0.2) is 0 Å². The molecule has 0 aliphatic rings. The van der Waals surface area contributed by atoms with Gasteiger partial charge in [-0.05, 0) is 24.6 Å². The van der Waals surface area contributed by atoms with Crippen LogP contribution in [0, 0.1) is 0 Å². The second kappa shape index (κ2) is 8.35. The molecule has 0 saturated carbocycles. The molecule has 3 nitrogen and oxygen atoms in total. The molecule has 0 saturated heterocycles. The molecule has 0 heterocycles. The summed E-state index contributed by atoms with van der Waals surface area (Å²) in [5, 5.41) is 0.708. The zero-order valence-electron chi connectivity index (χ0n) is 11.2. The smallest absolute Gasteiger partial charge is 0.123 e. The van der Waals surface area contributed by atoms with Gasteiger partial charge in [-0.1, -0.05) is 44.2 Å². The molecule has 1 aromatic rings. The van der Waals surface area contributed by atoms with Gasteiger partial charge in [0.1, 0.15) is 5.75 Å². The standard InChI is InChI=1S/C14H23ClN2O/c1-3-4-5-6-7-13(17-16)12-10-11(15)8-9-14(12)18-2/h8-10,13,17H,3-7,16H2,1-2H3. The van der Waals surface area contributed by atoms with E-state index >= 15 is 0 Å². The molecule has 18 heavy (non-hydrogen) atoms. The Kier molecular flexibility index (Phi) is 7.09. The fourth-order valence-electron chi connectivity index (χ4n) is 2.08. The predicted molar refractivity (Wildman–Crippen MR) is 76.8 cm³/mol. The summed E-state index contributed by atoms with van der Waals surface area (Å²) in [6.45, 7) is 2.21. The van der Waals surface area contributed by atoms with Crippen molar-refractivity contribution in [2.75, 3.05) is 7.11 Å². The number of ether oxygens (including phenoxy) is 1. The number of methoxy groups -OCH3 is 1. The molecule has 0 aromatic heterocycles. The molecule has 1 unspecified atom stereocenters. The van der Waals surface area contributed by atoms with E-state index in [1.807, 2.05) is 18.2 Å². The summed E-state index contributed by atoms with van der Waals surface area (Å²) < 4.78 is 5.36. The lowest BCUT2D eigenvalue weighted by atomic mass is 9.99. The lowest BCUT2D eigenvalue weighted by Crippen LogP contribution is -2.28. The maximum atomic E-state index is 6.03. The van der Waals surface area contributed by atoms with Gasteiger partial charge in [0.05, 0.1) is 7.11 Å². The Morgan fingerprint density at radius 2 is 2.11 bits per heavy atom. The molecule has 3 N–H and O–H groups in total. The van der Waals surface area contributed by atoms with Crippen LogP contribution in [0.25, 0.3) is 0 Å². The maximum Gasteiger partial charge on any atom is 0.123 e. The van der Waals surface area contributed by atoms with Gasteiger partial charge >= 0.3 is 0 Å². The van der Waals surface area contributed by atoms with Crippen LogP contribution in [0.1, 0.15) is 50.6 Å². The van der Waals surface area contributed by atoms with Crippen molar-refractivity contribution in [3.63, 3.8) is 0 Å². The molecule has 1 atom stereocenters. The lowest BCUT2D eigenvalue weighted by Gasteiger charge is -2.19. The van der Waals surface area contributed by atoms with E-state index < -0.39 is 0 Å². The third-order valence-electron chi connectivity index (χ3n) is 3.11. The van der Waals surface area contributed by atoms with E-state index in [4.69, 9.17) is 22.2 Å². The highest BCUT2D eigenvalue weighted by molar-refractivity contribution is 6.30. The average molecular weight is 271 g/mol. The number of hydrazine groups is 1. The van der Waals surface area contributed by atoms with Crippen LogP contribution < -0.4 is 16.0 Å². The van der Waals surface area contributed by atoms with E-state index in [0.29, 0.717) is 5.02 Å². The molecule has 0 radical (unpaired) electrons. The van der Waals surface area contributed by atoms with Crippen molar-refractivity contribution in [3.8, 4) is 5.75 Å². The normalized spacial score (nSPS) is 12.4. The number of nitrogens with one attached hydrogen (secondary N) is 1. The van der Waals surface area contributed by atoms with Gasteiger partial charge in [-0.15, -0.1) is 0 Å². The van der Waals surface area contributed by atoms with Gasteiger partial charge in [-0.2, -0.15) is 0 Å². The first-order valence-electron chi connectivity index (χ1n) is 6.52. The van der Waals surface area contributed by atoms with Crippen molar-refractivity contribution >= 4 is 11.6 Å². The number of benzene rings is 1. The fraction of sp³-hybridized carbons (Fsp3) is 0.571. The Balaban J connectivity index is 2.71. The molecular weight excluding hydrogens is 248 g/mol. The van der Waals surface area contributed by atoms with E-state index in [9.17, 15) is 0 Å². The Morgan fingerprint density at radius 3 is 2.72 bits per heavy atom. The first kappa shape index (κ1) is 15.3. The number of hydrogen-bond acceptors (Lipinski definition) is 3. The molecule has 0 aliphatic carbocycles. The zero-order chi connectivity index (χ0) is 13.4. The summed E-state index contributed by atoms with van der Waals surface area (Å²) in [7, 11) is 1.66. The monoisotopic (exact) mass is 270 g/mol. The first-order chi connectivity index (χ1) is 8.72. The molecule has 0 amide bonds. The predicted octanol–water partition coefficient (Wildman–Crippen LogP) is 3.82. The van der Waals surface area contributed by atoms with Crippen molar-refractivity contribution in [2.24, 2.45) is 5.84 Å². The molecule has 102 valence electrons. The third kappa shape index (κ3) is 4.48. The molecule has 0 bridgehead atoms. The SMILES string of the molecule is CCCCCCC(NN)c1cc(Cl)ccc1OC. The highest BCUT2D eigenvalue weighted by Gasteiger charge is 2.14. The van der Waals surface area contributed by atoms with Crippen molar-refractivity contribution in [2.45, 2.75) is 45.1 Å². The first-order valence-corrected chi connectivity index (χ1v) is 6.90. The zero-order valence-corrected chi connectivity index (χ0v) is 12.0. The van der Waals surface area contributed by atoms with E-state index in [-0.39, 0.29) is 6.04 Å². The van der Waals surface area contributed by atoms with Gasteiger partial charge in [0.25, 0.3) is 0 Å². The van der Waals surface area contributed by atoms with Crippen LogP contribution in [0.4, 0.5) is 0 Å². The Hall–Kier alpha value is -0.770. The van der Waals surface area contributed by atoms with Crippen molar-refractivity contribution < 1.29 is 4.74 Å². The minimum Gasteiger partial charge on any atom is -0.496 e. The second-order valence-electron chi connectivity index (χ2n) is 4.45. The van der Waals surface area contributed by atoms with Crippen LogP contribution in [0.15, 0.2) is 18.2 Å². The van der Waals surface area contributed by atoms with Crippen LogP contribution >= 0.6 is 11.6 Å². The number of rotatable bonds is 8. The molecule has 0 spiro atoms. The molecule has 1 aromatic carbocycles. The van der Waals surface area contributed by atoms with Gasteiger partial charge in [0, 0.05) is 16.6 Å². The van der Waals surface area contributed by atoms with Crippen LogP contribution in [-0.2, 0) is 0 Å². The lowest BCUT2D eigenvalue weighted by molar-refractivity contribution is 0.393. The third-order valence-corrected chi connectivity index (χ3v) is 3.35. The Labute approximate surface area is 115 Å². The molecule has 1 rings (SSSR count). The van der Waals surface area contributed by atoms with Crippen LogP contribution in [-0.4, -0.2) is 7.11 Å². The van der Waals surface area contributed by atoms with Crippen molar-refractivity contribution in [1.82, 2.24) is 5.43 Å². The summed E-state index contributed by atoms with van der Waals surface area (Å²) in [6.07, 6.45) is 5.88. The largest absolute Gasteiger partial charge is 0.496 e. The van der Waals surface area contributed by atoms with Gasteiger partial charge in [-0.25, -0.2) is 0 Å². The fourth-order valence-corrected chi connectivity index (χ4v) is 2.26. The molecule has 4 heteroatoms. The molecule has 0 aliphatic heterocycles. The minimum absolute atomic E-state index is 0.0931. The highest BCUT2D eigenvalue weighted by atomic mass is 35.5. The number of halogens is 1. The van der Waals surface area contributed by atoms with Crippen LogP contribution in [0.2, 0.25) is 5.02 Å². The maximum absolute atomic E-state index is 6.03. The average Bonchev–Trinajstić information content (AvgIpc) is 2.39. The molecular formula is C14H23ClN2O. The molecule has 0 fully saturated rings. The van der Waals surface area contributed by atoms with Crippen molar-refractivity contribution in [3.05, 3.63) is 28.8 Å². The van der Waals surface area contributed by atoms with Crippen LogP contribution in [0.5, 0.6) is 5.75 Å². The highest BCUT2D eigenvalue weighted by Crippen LogP contribution is 2.30. The topological polar surface area (TPSA) is 47.3 Å². The summed E-state index contributed by atoms with van der Waals surface area (Å²) >= 11 is 6.03. The Bertz CT molecular complexity index is 358. The quantitative estimate of drug-likeness (QED) is 0.429.